The Morgan fingerprint density at radius 3 is 2.71 bits per heavy atom. The molecule has 0 spiro atoms. The van der Waals surface area contributed by atoms with Gasteiger partial charge in [-0.15, -0.1) is 0 Å². The van der Waals surface area contributed by atoms with Crippen LogP contribution in [0.1, 0.15) is 12.8 Å². The molecule has 1 atom stereocenters. The Hall–Kier alpha value is -1.22. The van der Waals surface area contributed by atoms with Crippen molar-refractivity contribution in [2.75, 3.05) is 18.9 Å². The van der Waals surface area contributed by atoms with Crippen molar-refractivity contribution in [2.24, 2.45) is 0 Å². The molecule has 2 N–H and O–H groups in total. The van der Waals surface area contributed by atoms with Crippen LogP contribution in [0.25, 0.3) is 0 Å². The number of nitrogens with two attached hydrogens (primary N) is 1. The normalized spacial score (nSPS) is 21.9. The first-order valence-corrected chi connectivity index (χ1v) is 4.94. The van der Waals surface area contributed by atoms with E-state index in [9.17, 15) is 0 Å². The van der Waals surface area contributed by atoms with E-state index in [1.807, 2.05) is 24.3 Å². The van der Waals surface area contributed by atoms with Crippen LogP contribution in [-0.4, -0.2) is 19.3 Å². The number of rotatable bonds is 2. The van der Waals surface area contributed by atoms with E-state index >= 15 is 0 Å². The first-order chi connectivity index (χ1) is 6.84. The molecule has 1 fully saturated rings. The summed E-state index contributed by atoms with van der Waals surface area (Å²) < 4.78 is 11.1. The molecule has 14 heavy (non-hydrogen) atoms. The Morgan fingerprint density at radius 1 is 1.29 bits per heavy atom. The predicted molar refractivity (Wildman–Crippen MR) is 55.3 cm³/mol. The number of hydrogen-bond acceptors (Lipinski definition) is 3. The van der Waals surface area contributed by atoms with Gasteiger partial charge in [-0.1, -0.05) is 0 Å². The Balaban J connectivity index is 1.92. The van der Waals surface area contributed by atoms with E-state index in [1.165, 1.54) is 0 Å². The molecule has 0 saturated carbocycles. The maximum Gasteiger partial charge on any atom is 0.122 e. The molecule has 2 rings (SSSR count). The summed E-state index contributed by atoms with van der Waals surface area (Å²) in [5.74, 6) is 0.870. The summed E-state index contributed by atoms with van der Waals surface area (Å²) in [6.45, 7) is 1.56. The van der Waals surface area contributed by atoms with Crippen molar-refractivity contribution in [2.45, 2.75) is 18.9 Å². The number of ether oxygens (including phenoxy) is 2. The lowest BCUT2D eigenvalue weighted by atomic mass is 10.2. The van der Waals surface area contributed by atoms with Crippen LogP contribution in [0.2, 0.25) is 0 Å². The van der Waals surface area contributed by atoms with Crippen LogP contribution < -0.4 is 10.5 Å². The van der Waals surface area contributed by atoms with Crippen molar-refractivity contribution in [3.05, 3.63) is 24.3 Å². The van der Waals surface area contributed by atoms with Crippen LogP contribution in [0.15, 0.2) is 24.3 Å². The maximum atomic E-state index is 5.73. The molecule has 1 aliphatic rings. The molecule has 0 aliphatic carbocycles. The number of nitrogen functional groups attached to an aromatic ring is 1. The fourth-order valence-corrected chi connectivity index (χ4v) is 1.54. The second-order valence-corrected chi connectivity index (χ2v) is 3.53. The van der Waals surface area contributed by atoms with E-state index in [4.69, 9.17) is 15.2 Å². The van der Waals surface area contributed by atoms with Gasteiger partial charge in [0, 0.05) is 12.3 Å². The summed E-state index contributed by atoms with van der Waals surface area (Å²) in [6.07, 6.45) is 2.36. The molecule has 1 aromatic carbocycles. The second-order valence-electron chi connectivity index (χ2n) is 3.53. The van der Waals surface area contributed by atoms with Crippen molar-refractivity contribution in [1.29, 1.82) is 0 Å². The minimum atomic E-state index is 0.201. The lowest BCUT2D eigenvalue weighted by molar-refractivity contribution is 0.00744. The van der Waals surface area contributed by atoms with E-state index in [0.717, 1.165) is 30.9 Å². The van der Waals surface area contributed by atoms with Gasteiger partial charge in [0.15, 0.2) is 0 Å². The fourth-order valence-electron chi connectivity index (χ4n) is 1.54. The standard InChI is InChI=1S/C11H15NO2/c12-9-3-5-10(6-4-9)14-11-2-1-7-13-8-11/h3-6,11H,1-2,7-8,12H2. The van der Waals surface area contributed by atoms with Crippen molar-refractivity contribution in [3.8, 4) is 5.75 Å². The van der Waals surface area contributed by atoms with Crippen LogP contribution in [0.3, 0.4) is 0 Å². The van der Waals surface area contributed by atoms with Gasteiger partial charge in [-0.3, -0.25) is 0 Å². The summed E-state index contributed by atoms with van der Waals surface area (Å²) in [7, 11) is 0. The third kappa shape index (κ3) is 2.39. The molecular formula is C11H15NO2. The molecule has 0 radical (unpaired) electrons. The van der Waals surface area contributed by atoms with Crippen LogP contribution in [-0.2, 0) is 4.74 Å². The Bertz CT molecular complexity index is 278. The van der Waals surface area contributed by atoms with E-state index in [1.54, 1.807) is 0 Å². The quantitative estimate of drug-likeness (QED) is 0.729. The molecular weight excluding hydrogens is 178 g/mol. The first-order valence-electron chi connectivity index (χ1n) is 4.94. The second kappa shape index (κ2) is 4.33. The van der Waals surface area contributed by atoms with Gasteiger partial charge in [0.1, 0.15) is 11.9 Å². The summed E-state index contributed by atoms with van der Waals surface area (Å²) in [5.41, 5.74) is 6.34. The molecule has 0 amide bonds. The average molecular weight is 193 g/mol. The monoisotopic (exact) mass is 193 g/mol. The highest BCUT2D eigenvalue weighted by Crippen LogP contribution is 2.18. The highest BCUT2D eigenvalue weighted by Gasteiger charge is 2.14. The van der Waals surface area contributed by atoms with Gasteiger partial charge in [-0.05, 0) is 37.1 Å². The van der Waals surface area contributed by atoms with Crippen molar-refractivity contribution >= 4 is 5.69 Å². The zero-order valence-corrected chi connectivity index (χ0v) is 8.11. The van der Waals surface area contributed by atoms with Crippen LogP contribution in [0.4, 0.5) is 5.69 Å². The zero-order valence-electron chi connectivity index (χ0n) is 8.11. The summed E-state index contributed by atoms with van der Waals surface area (Å²) in [4.78, 5) is 0. The molecule has 1 aromatic rings. The number of benzene rings is 1. The zero-order chi connectivity index (χ0) is 9.80. The van der Waals surface area contributed by atoms with Crippen LogP contribution in [0.5, 0.6) is 5.75 Å². The molecule has 3 heteroatoms. The number of anilines is 1. The third-order valence-electron chi connectivity index (χ3n) is 2.30. The van der Waals surface area contributed by atoms with Crippen molar-refractivity contribution < 1.29 is 9.47 Å². The Kier molecular flexibility index (Phi) is 2.89. The minimum Gasteiger partial charge on any atom is -0.488 e. The SMILES string of the molecule is Nc1ccc(OC2CCCOC2)cc1. The smallest absolute Gasteiger partial charge is 0.122 e. The highest BCUT2D eigenvalue weighted by atomic mass is 16.5. The molecule has 1 unspecified atom stereocenters. The number of hydrogen-bond donors (Lipinski definition) is 1. The van der Waals surface area contributed by atoms with Crippen molar-refractivity contribution in [1.82, 2.24) is 0 Å². The molecule has 3 nitrogen and oxygen atoms in total. The van der Waals surface area contributed by atoms with Gasteiger partial charge in [0.05, 0.1) is 6.61 Å². The first kappa shape index (κ1) is 9.34. The molecule has 1 saturated heterocycles. The van der Waals surface area contributed by atoms with Gasteiger partial charge in [0.25, 0.3) is 0 Å². The Morgan fingerprint density at radius 2 is 2.07 bits per heavy atom. The van der Waals surface area contributed by atoms with E-state index in [2.05, 4.69) is 0 Å². The Labute approximate surface area is 83.8 Å². The molecule has 0 aromatic heterocycles. The van der Waals surface area contributed by atoms with Gasteiger partial charge in [-0.25, -0.2) is 0 Å². The van der Waals surface area contributed by atoms with Gasteiger partial charge >= 0.3 is 0 Å². The lowest BCUT2D eigenvalue weighted by Crippen LogP contribution is -2.27. The molecule has 1 heterocycles. The van der Waals surface area contributed by atoms with E-state index in [0.29, 0.717) is 6.61 Å². The van der Waals surface area contributed by atoms with Gasteiger partial charge in [-0.2, -0.15) is 0 Å². The topological polar surface area (TPSA) is 44.5 Å². The summed E-state index contributed by atoms with van der Waals surface area (Å²) in [5, 5.41) is 0. The lowest BCUT2D eigenvalue weighted by Gasteiger charge is -2.23. The molecule has 76 valence electrons. The fraction of sp³-hybridized carbons (Fsp3) is 0.455. The minimum absolute atomic E-state index is 0.201. The summed E-state index contributed by atoms with van der Waals surface area (Å²) in [6, 6.07) is 7.48. The predicted octanol–water partition coefficient (Wildman–Crippen LogP) is 1.83. The molecule has 0 bridgehead atoms. The van der Waals surface area contributed by atoms with Crippen LogP contribution in [0, 0.1) is 0 Å². The molecule has 1 aliphatic heterocycles. The summed E-state index contributed by atoms with van der Waals surface area (Å²) >= 11 is 0. The average Bonchev–Trinajstić information content (AvgIpc) is 2.23. The van der Waals surface area contributed by atoms with E-state index in [-0.39, 0.29) is 6.10 Å². The highest BCUT2D eigenvalue weighted by molar-refractivity contribution is 5.41. The van der Waals surface area contributed by atoms with Gasteiger partial charge < -0.3 is 15.2 Å². The van der Waals surface area contributed by atoms with Crippen molar-refractivity contribution in [3.63, 3.8) is 0 Å². The largest absolute Gasteiger partial charge is 0.488 e. The van der Waals surface area contributed by atoms with Crippen LogP contribution >= 0.6 is 0 Å². The third-order valence-corrected chi connectivity index (χ3v) is 2.30. The van der Waals surface area contributed by atoms with Gasteiger partial charge in [0.2, 0.25) is 0 Å². The van der Waals surface area contributed by atoms with E-state index < -0.39 is 0 Å². The maximum absolute atomic E-state index is 5.73.